The van der Waals surface area contributed by atoms with Gasteiger partial charge in [-0.25, -0.2) is 0 Å². The first-order valence-corrected chi connectivity index (χ1v) is 7.53. The zero-order chi connectivity index (χ0) is 14.3. The van der Waals surface area contributed by atoms with Crippen molar-refractivity contribution in [2.75, 3.05) is 13.2 Å². The highest BCUT2D eigenvalue weighted by Gasteiger charge is 2.23. The second-order valence-corrected chi connectivity index (χ2v) is 5.68. The molecule has 2 N–H and O–H groups in total. The van der Waals surface area contributed by atoms with Gasteiger partial charge in [-0.2, -0.15) is 0 Å². The van der Waals surface area contributed by atoms with E-state index in [1.807, 2.05) is 25.1 Å². The van der Waals surface area contributed by atoms with Crippen LogP contribution >= 0.6 is 11.6 Å². The van der Waals surface area contributed by atoms with E-state index < -0.39 is 0 Å². The van der Waals surface area contributed by atoms with Gasteiger partial charge in [0.2, 0.25) is 0 Å². The molecule has 0 aromatic heterocycles. The largest absolute Gasteiger partial charge is 0.494 e. The SMILES string of the molecule is CCC(CC)(CN)CCCOc1ccc(Cl)c(C)c1. The van der Waals surface area contributed by atoms with Crippen molar-refractivity contribution in [3.8, 4) is 5.75 Å². The third-order valence-electron chi connectivity index (χ3n) is 4.18. The number of nitrogens with two attached hydrogens (primary N) is 1. The van der Waals surface area contributed by atoms with Crippen molar-refractivity contribution < 1.29 is 4.74 Å². The molecule has 0 unspecified atom stereocenters. The van der Waals surface area contributed by atoms with Crippen molar-refractivity contribution in [2.24, 2.45) is 11.1 Å². The maximum atomic E-state index is 5.99. The van der Waals surface area contributed by atoms with Crippen molar-refractivity contribution >= 4 is 11.6 Å². The lowest BCUT2D eigenvalue weighted by Crippen LogP contribution is -2.29. The Morgan fingerprint density at radius 1 is 1.26 bits per heavy atom. The minimum atomic E-state index is 0.291. The lowest BCUT2D eigenvalue weighted by molar-refractivity contribution is 0.213. The van der Waals surface area contributed by atoms with E-state index in [2.05, 4.69) is 13.8 Å². The maximum absolute atomic E-state index is 5.99. The summed E-state index contributed by atoms with van der Waals surface area (Å²) in [5.41, 5.74) is 7.25. The number of rotatable bonds is 8. The monoisotopic (exact) mass is 283 g/mol. The predicted molar refractivity (Wildman–Crippen MR) is 83.0 cm³/mol. The summed E-state index contributed by atoms with van der Waals surface area (Å²) >= 11 is 5.99. The van der Waals surface area contributed by atoms with Crippen LogP contribution in [0.3, 0.4) is 0 Å². The molecule has 108 valence electrons. The van der Waals surface area contributed by atoms with Crippen LogP contribution in [0.5, 0.6) is 5.75 Å². The molecule has 0 aliphatic rings. The molecule has 0 saturated heterocycles. The number of halogens is 1. The number of aryl methyl sites for hydroxylation is 1. The second-order valence-electron chi connectivity index (χ2n) is 5.27. The van der Waals surface area contributed by atoms with Gasteiger partial charge in [-0.1, -0.05) is 25.4 Å². The van der Waals surface area contributed by atoms with Crippen molar-refractivity contribution in [1.29, 1.82) is 0 Å². The van der Waals surface area contributed by atoms with E-state index in [0.29, 0.717) is 5.41 Å². The molecule has 0 aliphatic heterocycles. The Balaban J connectivity index is 2.40. The Hall–Kier alpha value is -0.730. The summed E-state index contributed by atoms with van der Waals surface area (Å²) in [6.45, 7) is 7.94. The van der Waals surface area contributed by atoms with Gasteiger partial charge in [0.25, 0.3) is 0 Å². The summed E-state index contributed by atoms with van der Waals surface area (Å²) in [5.74, 6) is 0.897. The van der Waals surface area contributed by atoms with Gasteiger partial charge in [0.05, 0.1) is 6.61 Å². The third-order valence-corrected chi connectivity index (χ3v) is 4.61. The Morgan fingerprint density at radius 2 is 1.95 bits per heavy atom. The molecular weight excluding hydrogens is 258 g/mol. The van der Waals surface area contributed by atoms with Crippen LogP contribution in [-0.4, -0.2) is 13.2 Å². The zero-order valence-corrected chi connectivity index (χ0v) is 13.1. The van der Waals surface area contributed by atoms with Crippen LogP contribution in [0, 0.1) is 12.3 Å². The van der Waals surface area contributed by atoms with Crippen molar-refractivity contribution in [1.82, 2.24) is 0 Å². The molecule has 0 atom stereocenters. The summed E-state index contributed by atoms with van der Waals surface area (Å²) in [4.78, 5) is 0. The van der Waals surface area contributed by atoms with E-state index in [9.17, 15) is 0 Å². The van der Waals surface area contributed by atoms with Crippen LogP contribution in [0.4, 0.5) is 0 Å². The summed E-state index contributed by atoms with van der Waals surface area (Å²) in [7, 11) is 0. The predicted octanol–water partition coefficient (Wildman–Crippen LogP) is 4.57. The number of hydrogen-bond acceptors (Lipinski definition) is 2. The fourth-order valence-corrected chi connectivity index (χ4v) is 2.46. The first-order chi connectivity index (χ1) is 9.06. The van der Waals surface area contributed by atoms with Gasteiger partial charge >= 0.3 is 0 Å². The Labute approximate surface area is 122 Å². The van der Waals surface area contributed by atoms with E-state index in [1.54, 1.807) is 0 Å². The van der Waals surface area contributed by atoms with Gasteiger partial charge in [-0.15, -0.1) is 0 Å². The van der Waals surface area contributed by atoms with Crippen LogP contribution in [0.15, 0.2) is 18.2 Å². The standard InChI is InChI=1S/C16H26ClNO/c1-4-16(5-2,12-18)9-6-10-19-14-7-8-15(17)13(3)11-14/h7-8,11H,4-6,9-10,12,18H2,1-3H3. The fourth-order valence-electron chi connectivity index (χ4n) is 2.34. The van der Waals surface area contributed by atoms with E-state index in [-0.39, 0.29) is 0 Å². The molecule has 0 spiro atoms. The Morgan fingerprint density at radius 3 is 2.47 bits per heavy atom. The summed E-state index contributed by atoms with van der Waals surface area (Å²) in [6.07, 6.45) is 4.45. The molecule has 3 heteroatoms. The number of hydrogen-bond donors (Lipinski definition) is 1. The van der Waals surface area contributed by atoms with Gasteiger partial charge in [-0.05, 0) is 68.3 Å². The van der Waals surface area contributed by atoms with E-state index in [1.165, 1.54) is 0 Å². The Kier molecular flexibility index (Phi) is 6.67. The minimum Gasteiger partial charge on any atom is -0.494 e. The molecule has 1 aromatic carbocycles. The van der Waals surface area contributed by atoms with Crippen LogP contribution < -0.4 is 10.5 Å². The van der Waals surface area contributed by atoms with E-state index in [4.69, 9.17) is 22.1 Å². The van der Waals surface area contributed by atoms with Crippen molar-refractivity contribution in [3.63, 3.8) is 0 Å². The highest BCUT2D eigenvalue weighted by atomic mass is 35.5. The maximum Gasteiger partial charge on any atom is 0.119 e. The molecule has 1 aromatic rings. The average Bonchev–Trinajstić information content (AvgIpc) is 2.44. The molecule has 0 heterocycles. The molecule has 0 aliphatic carbocycles. The summed E-state index contributed by atoms with van der Waals surface area (Å²) in [6, 6.07) is 5.79. The van der Waals surface area contributed by atoms with Crippen molar-refractivity contribution in [3.05, 3.63) is 28.8 Å². The highest BCUT2D eigenvalue weighted by Crippen LogP contribution is 2.30. The number of benzene rings is 1. The topological polar surface area (TPSA) is 35.2 Å². The van der Waals surface area contributed by atoms with Crippen LogP contribution in [0.25, 0.3) is 0 Å². The molecule has 19 heavy (non-hydrogen) atoms. The van der Waals surface area contributed by atoms with Crippen LogP contribution in [-0.2, 0) is 0 Å². The second kappa shape index (κ2) is 7.76. The molecule has 1 rings (SSSR count). The molecular formula is C16H26ClNO. The fraction of sp³-hybridized carbons (Fsp3) is 0.625. The van der Waals surface area contributed by atoms with Crippen LogP contribution in [0.1, 0.15) is 45.1 Å². The third kappa shape index (κ3) is 4.70. The molecule has 0 radical (unpaired) electrons. The van der Waals surface area contributed by atoms with Crippen molar-refractivity contribution in [2.45, 2.75) is 46.5 Å². The van der Waals surface area contributed by atoms with E-state index >= 15 is 0 Å². The van der Waals surface area contributed by atoms with Gasteiger partial charge in [0, 0.05) is 5.02 Å². The quantitative estimate of drug-likeness (QED) is 0.709. The summed E-state index contributed by atoms with van der Waals surface area (Å²) < 4.78 is 5.77. The molecule has 0 bridgehead atoms. The minimum absolute atomic E-state index is 0.291. The smallest absolute Gasteiger partial charge is 0.119 e. The first kappa shape index (κ1) is 16.3. The van der Waals surface area contributed by atoms with Gasteiger partial charge < -0.3 is 10.5 Å². The number of ether oxygens (including phenoxy) is 1. The summed E-state index contributed by atoms with van der Waals surface area (Å²) in [5, 5.41) is 0.784. The average molecular weight is 284 g/mol. The Bertz CT molecular complexity index is 380. The highest BCUT2D eigenvalue weighted by molar-refractivity contribution is 6.31. The molecule has 2 nitrogen and oxygen atoms in total. The molecule has 0 amide bonds. The first-order valence-electron chi connectivity index (χ1n) is 7.16. The van der Waals surface area contributed by atoms with Gasteiger partial charge in [-0.3, -0.25) is 0 Å². The zero-order valence-electron chi connectivity index (χ0n) is 12.3. The lowest BCUT2D eigenvalue weighted by Gasteiger charge is -2.30. The molecule has 0 saturated carbocycles. The van der Waals surface area contributed by atoms with Gasteiger partial charge in [0.15, 0.2) is 0 Å². The molecule has 0 fully saturated rings. The van der Waals surface area contributed by atoms with Gasteiger partial charge in [0.1, 0.15) is 5.75 Å². The van der Waals surface area contributed by atoms with Crippen LogP contribution in [0.2, 0.25) is 5.02 Å². The van der Waals surface area contributed by atoms with E-state index in [0.717, 1.165) is 55.2 Å². The normalized spacial score (nSPS) is 11.6. The lowest BCUT2D eigenvalue weighted by atomic mass is 9.78.